The normalized spacial score (nSPS) is 12.1. The van der Waals surface area contributed by atoms with E-state index in [4.69, 9.17) is 5.11 Å². The number of fused-ring (bicyclic) bond motifs is 1. The summed E-state index contributed by atoms with van der Waals surface area (Å²) in [6.07, 6.45) is 2.70. The molecule has 0 radical (unpaired) electrons. The summed E-state index contributed by atoms with van der Waals surface area (Å²) >= 11 is 0. The van der Waals surface area contributed by atoms with E-state index in [1.54, 1.807) is 24.4 Å². The molecule has 2 aromatic rings. The number of carbonyl (C=O) groups is 2. The zero-order chi connectivity index (χ0) is 14.5. The summed E-state index contributed by atoms with van der Waals surface area (Å²) in [5.41, 5.74) is 0.971. The van der Waals surface area contributed by atoms with Crippen LogP contribution in [0.1, 0.15) is 30.1 Å². The van der Waals surface area contributed by atoms with Crippen molar-refractivity contribution in [2.75, 3.05) is 0 Å². The molecule has 1 heterocycles. The van der Waals surface area contributed by atoms with Gasteiger partial charge in [0.2, 0.25) is 0 Å². The fourth-order valence-corrected chi connectivity index (χ4v) is 2.07. The van der Waals surface area contributed by atoms with Gasteiger partial charge in [-0.2, -0.15) is 0 Å². The Kier molecular flexibility index (Phi) is 4.30. The van der Waals surface area contributed by atoms with Gasteiger partial charge in [-0.3, -0.25) is 9.78 Å². The summed E-state index contributed by atoms with van der Waals surface area (Å²) in [5.74, 6) is -1.43. The van der Waals surface area contributed by atoms with E-state index < -0.39 is 17.9 Å². The molecule has 20 heavy (non-hydrogen) atoms. The van der Waals surface area contributed by atoms with Gasteiger partial charge in [0.1, 0.15) is 6.04 Å². The quantitative estimate of drug-likeness (QED) is 0.874. The summed E-state index contributed by atoms with van der Waals surface area (Å²) in [4.78, 5) is 27.5. The van der Waals surface area contributed by atoms with Gasteiger partial charge < -0.3 is 10.4 Å². The molecule has 0 saturated heterocycles. The first kappa shape index (κ1) is 14.0. The van der Waals surface area contributed by atoms with Crippen LogP contribution in [-0.2, 0) is 4.79 Å². The zero-order valence-electron chi connectivity index (χ0n) is 11.2. The van der Waals surface area contributed by atoms with Gasteiger partial charge in [-0.1, -0.05) is 31.5 Å². The molecule has 0 aliphatic heterocycles. The first-order chi connectivity index (χ1) is 9.63. The standard InChI is InChI=1S/C15H16N2O3/c1-2-5-12(15(19)20)17-14(18)11-8-3-6-10-7-4-9-16-13(10)11/h3-4,6-9,12H,2,5H2,1H3,(H,17,18)(H,19,20)/t12-/m1/s1. The van der Waals surface area contributed by atoms with Crippen molar-refractivity contribution in [2.45, 2.75) is 25.8 Å². The molecule has 1 amide bonds. The topological polar surface area (TPSA) is 79.3 Å². The second-order valence-electron chi connectivity index (χ2n) is 4.53. The largest absolute Gasteiger partial charge is 0.480 e. The number of carboxylic acids is 1. The summed E-state index contributed by atoms with van der Waals surface area (Å²) in [6.45, 7) is 1.88. The minimum atomic E-state index is -1.02. The molecule has 5 nitrogen and oxygen atoms in total. The number of hydrogen-bond acceptors (Lipinski definition) is 3. The lowest BCUT2D eigenvalue weighted by atomic mass is 10.1. The highest BCUT2D eigenvalue weighted by atomic mass is 16.4. The lowest BCUT2D eigenvalue weighted by molar-refractivity contribution is -0.139. The summed E-state index contributed by atoms with van der Waals surface area (Å²) < 4.78 is 0. The smallest absolute Gasteiger partial charge is 0.326 e. The van der Waals surface area contributed by atoms with Gasteiger partial charge in [0.05, 0.1) is 11.1 Å². The van der Waals surface area contributed by atoms with Crippen molar-refractivity contribution in [1.82, 2.24) is 10.3 Å². The van der Waals surface area contributed by atoms with Crippen LogP contribution in [0.15, 0.2) is 36.5 Å². The van der Waals surface area contributed by atoms with E-state index >= 15 is 0 Å². The van der Waals surface area contributed by atoms with E-state index in [-0.39, 0.29) is 0 Å². The number of amides is 1. The third-order valence-electron chi connectivity index (χ3n) is 3.06. The predicted octanol–water partition coefficient (Wildman–Crippen LogP) is 2.22. The molecule has 0 aliphatic carbocycles. The predicted molar refractivity (Wildman–Crippen MR) is 75.5 cm³/mol. The number of pyridine rings is 1. The summed E-state index contributed by atoms with van der Waals surface area (Å²) in [6, 6.07) is 8.05. The lowest BCUT2D eigenvalue weighted by Crippen LogP contribution is -2.40. The maximum atomic E-state index is 12.2. The summed E-state index contributed by atoms with van der Waals surface area (Å²) in [7, 11) is 0. The van der Waals surface area contributed by atoms with Gasteiger partial charge >= 0.3 is 5.97 Å². The van der Waals surface area contributed by atoms with E-state index in [0.29, 0.717) is 23.9 Å². The van der Waals surface area contributed by atoms with Crippen LogP contribution in [0.3, 0.4) is 0 Å². The Morgan fingerprint density at radius 3 is 2.75 bits per heavy atom. The van der Waals surface area contributed by atoms with Crippen molar-refractivity contribution in [3.63, 3.8) is 0 Å². The third-order valence-corrected chi connectivity index (χ3v) is 3.06. The van der Waals surface area contributed by atoms with Gasteiger partial charge in [-0.15, -0.1) is 0 Å². The maximum Gasteiger partial charge on any atom is 0.326 e. The number of carboxylic acid groups (broad SMARTS) is 1. The van der Waals surface area contributed by atoms with Gasteiger partial charge in [-0.25, -0.2) is 4.79 Å². The molecular weight excluding hydrogens is 256 g/mol. The Hall–Kier alpha value is -2.43. The van der Waals surface area contributed by atoms with E-state index in [9.17, 15) is 9.59 Å². The molecule has 104 valence electrons. The number of carbonyl (C=O) groups excluding carboxylic acids is 1. The number of hydrogen-bond donors (Lipinski definition) is 2. The van der Waals surface area contributed by atoms with Crippen LogP contribution < -0.4 is 5.32 Å². The van der Waals surface area contributed by atoms with Crippen LogP contribution in [0, 0.1) is 0 Å². The van der Waals surface area contributed by atoms with Crippen molar-refractivity contribution in [1.29, 1.82) is 0 Å². The molecule has 0 fully saturated rings. The van der Waals surface area contributed by atoms with Crippen LogP contribution in [0.5, 0.6) is 0 Å². The van der Waals surface area contributed by atoms with Gasteiger partial charge in [0, 0.05) is 11.6 Å². The van der Waals surface area contributed by atoms with Crippen molar-refractivity contribution in [2.24, 2.45) is 0 Å². The number of aliphatic carboxylic acids is 1. The van der Waals surface area contributed by atoms with Crippen molar-refractivity contribution in [3.8, 4) is 0 Å². The Morgan fingerprint density at radius 2 is 2.05 bits per heavy atom. The van der Waals surface area contributed by atoms with E-state index in [0.717, 1.165) is 5.39 Å². The molecule has 0 aliphatic rings. The molecule has 1 aromatic heterocycles. The minimum Gasteiger partial charge on any atom is -0.480 e. The number of benzene rings is 1. The number of para-hydroxylation sites is 1. The van der Waals surface area contributed by atoms with E-state index in [2.05, 4.69) is 10.3 Å². The minimum absolute atomic E-state index is 0.394. The number of aromatic nitrogens is 1. The highest BCUT2D eigenvalue weighted by molar-refractivity contribution is 6.06. The average Bonchev–Trinajstić information content (AvgIpc) is 2.46. The second kappa shape index (κ2) is 6.14. The molecule has 0 bridgehead atoms. The molecule has 0 unspecified atom stereocenters. The number of rotatable bonds is 5. The molecule has 0 saturated carbocycles. The van der Waals surface area contributed by atoms with Crippen LogP contribution in [-0.4, -0.2) is 28.0 Å². The van der Waals surface area contributed by atoms with Crippen LogP contribution in [0.2, 0.25) is 0 Å². The third kappa shape index (κ3) is 2.93. The van der Waals surface area contributed by atoms with Crippen molar-refractivity contribution in [3.05, 3.63) is 42.1 Å². The number of nitrogens with one attached hydrogen (secondary N) is 1. The molecule has 0 spiro atoms. The average molecular weight is 272 g/mol. The van der Waals surface area contributed by atoms with Crippen LogP contribution in [0.25, 0.3) is 10.9 Å². The van der Waals surface area contributed by atoms with Crippen molar-refractivity contribution >= 4 is 22.8 Å². The highest BCUT2D eigenvalue weighted by Gasteiger charge is 2.20. The Balaban J connectivity index is 2.29. The van der Waals surface area contributed by atoms with Crippen molar-refractivity contribution < 1.29 is 14.7 Å². The van der Waals surface area contributed by atoms with Gasteiger partial charge in [0.15, 0.2) is 0 Å². The Labute approximate surface area is 116 Å². The van der Waals surface area contributed by atoms with Crippen LogP contribution in [0.4, 0.5) is 0 Å². The monoisotopic (exact) mass is 272 g/mol. The first-order valence-corrected chi connectivity index (χ1v) is 6.51. The van der Waals surface area contributed by atoms with Gasteiger partial charge in [0.25, 0.3) is 5.91 Å². The molecule has 5 heteroatoms. The molecular formula is C15H16N2O3. The fraction of sp³-hybridized carbons (Fsp3) is 0.267. The summed E-state index contributed by atoms with van der Waals surface area (Å²) in [5, 5.41) is 12.5. The maximum absolute atomic E-state index is 12.2. The first-order valence-electron chi connectivity index (χ1n) is 6.51. The molecule has 2 N–H and O–H groups in total. The Bertz CT molecular complexity index is 635. The molecule has 1 atom stereocenters. The lowest BCUT2D eigenvalue weighted by Gasteiger charge is -2.14. The SMILES string of the molecule is CCC[C@@H](NC(=O)c1cccc2cccnc12)C(=O)O. The van der Waals surface area contributed by atoms with Gasteiger partial charge in [-0.05, 0) is 18.6 Å². The fourth-order valence-electron chi connectivity index (χ4n) is 2.07. The zero-order valence-corrected chi connectivity index (χ0v) is 11.2. The Morgan fingerprint density at radius 1 is 1.30 bits per heavy atom. The van der Waals surface area contributed by atoms with Crippen LogP contribution >= 0.6 is 0 Å². The van der Waals surface area contributed by atoms with E-state index in [1.807, 2.05) is 19.1 Å². The molecule has 1 aromatic carbocycles. The highest BCUT2D eigenvalue weighted by Crippen LogP contribution is 2.16. The second-order valence-corrected chi connectivity index (χ2v) is 4.53. The number of nitrogens with zero attached hydrogens (tertiary/aromatic N) is 1. The molecule has 2 rings (SSSR count). The van der Waals surface area contributed by atoms with E-state index in [1.165, 1.54) is 0 Å².